The number of benzene rings is 1. The first-order valence-electron chi connectivity index (χ1n) is 6.82. The fraction of sp³-hybridized carbons (Fsp3) is 0.533. The molecular weight excluding hydrogens is 245 g/mol. The molecule has 104 valence electrons. The summed E-state index contributed by atoms with van der Waals surface area (Å²) in [6.07, 6.45) is 3.70. The van der Waals surface area contributed by atoms with Gasteiger partial charge in [-0.05, 0) is 44.7 Å². The lowest BCUT2D eigenvalue weighted by Gasteiger charge is -2.28. The van der Waals surface area contributed by atoms with Crippen LogP contribution in [0.2, 0.25) is 0 Å². The second-order valence-corrected chi connectivity index (χ2v) is 5.05. The summed E-state index contributed by atoms with van der Waals surface area (Å²) < 4.78 is 13.8. The Morgan fingerprint density at radius 3 is 3.00 bits per heavy atom. The highest BCUT2D eigenvalue weighted by Crippen LogP contribution is 2.32. The number of ketones is 1. The number of halogens is 1. The molecule has 4 heteroatoms. The molecule has 2 rings (SSSR count). The molecule has 1 saturated heterocycles. The van der Waals surface area contributed by atoms with Crippen LogP contribution in [0.5, 0.6) is 0 Å². The number of rotatable bonds is 5. The van der Waals surface area contributed by atoms with E-state index in [1.165, 1.54) is 13.0 Å². The fourth-order valence-corrected chi connectivity index (χ4v) is 2.88. The van der Waals surface area contributed by atoms with Crippen LogP contribution in [-0.2, 0) is 0 Å². The summed E-state index contributed by atoms with van der Waals surface area (Å²) in [5.41, 5.74) is 0.895. The minimum Gasteiger partial charge on any atom is -0.396 e. The van der Waals surface area contributed by atoms with Crippen molar-refractivity contribution < 1.29 is 14.3 Å². The number of hydrogen-bond acceptors (Lipinski definition) is 3. The fourth-order valence-electron chi connectivity index (χ4n) is 2.88. The smallest absolute Gasteiger partial charge is 0.164 e. The lowest BCUT2D eigenvalue weighted by Crippen LogP contribution is -2.31. The highest BCUT2D eigenvalue weighted by molar-refractivity contribution is 6.00. The van der Waals surface area contributed by atoms with Gasteiger partial charge in [0.15, 0.2) is 5.78 Å². The normalized spacial score (nSPS) is 18.9. The predicted molar refractivity (Wildman–Crippen MR) is 73.1 cm³/mol. The summed E-state index contributed by atoms with van der Waals surface area (Å²) in [6.45, 7) is 2.42. The lowest BCUT2D eigenvalue weighted by atomic mass is 10.0. The monoisotopic (exact) mass is 265 g/mol. The minimum atomic E-state index is -0.446. The minimum absolute atomic E-state index is 0.174. The van der Waals surface area contributed by atoms with E-state index in [0.717, 1.165) is 32.2 Å². The Hall–Kier alpha value is -1.42. The molecule has 0 spiro atoms. The molecule has 0 saturated carbocycles. The summed E-state index contributed by atoms with van der Waals surface area (Å²) >= 11 is 0. The maximum atomic E-state index is 13.8. The number of anilines is 1. The van der Waals surface area contributed by atoms with Crippen molar-refractivity contribution in [1.29, 1.82) is 0 Å². The van der Waals surface area contributed by atoms with Crippen molar-refractivity contribution in [1.82, 2.24) is 0 Å². The highest BCUT2D eigenvalue weighted by Gasteiger charge is 2.27. The maximum absolute atomic E-state index is 13.8. The molecule has 19 heavy (non-hydrogen) atoms. The summed E-state index contributed by atoms with van der Waals surface area (Å²) in [4.78, 5) is 13.8. The van der Waals surface area contributed by atoms with Gasteiger partial charge in [0.25, 0.3) is 0 Å². The molecule has 1 heterocycles. The van der Waals surface area contributed by atoms with Gasteiger partial charge >= 0.3 is 0 Å². The maximum Gasteiger partial charge on any atom is 0.164 e. The van der Waals surface area contributed by atoms with Gasteiger partial charge in [-0.2, -0.15) is 0 Å². The van der Waals surface area contributed by atoms with E-state index in [-0.39, 0.29) is 18.0 Å². The molecule has 0 aromatic heterocycles. The van der Waals surface area contributed by atoms with Gasteiger partial charge in [0.1, 0.15) is 5.82 Å². The van der Waals surface area contributed by atoms with Gasteiger partial charge in [0, 0.05) is 19.2 Å². The lowest BCUT2D eigenvalue weighted by molar-refractivity contribution is 0.101. The van der Waals surface area contributed by atoms with Crippen molar-refractivity contribution >= 4 is 11.5 Å². The third kappa shape index (κ3) is 2.95. The molecule has 0 radical (unpaired) electrons. The molecule has 0 amide bonds. The van der Waals surface area contributed by atoms with Crippen molar-refractivity contribution in [2.24, 2.45) is 0 Å². The van der Waals surface area contributed by atoms with E-state index in [4.69, 9.17) is 5.11 Å². The van der Waals surface area contributed by atoms with Crippen LogP contribution in [-0.4, -0.2) is 30.1 Å². The first-order chi connectivity index (χ1) is 9.15. The third-order valence-electron chi connectivity index (χ3n) is 3.73. The van der Waals surface area contributed by atoms with Crippen molar-refractivity contribution in [3.05, 3.63) is 29.6 Å². The summed E-state index contributed by atoms with van der Waals surface area (Å²) in [7, 11) is 0. The molecule has 1 aromatic carbocycles. The topological polar surface area (TPSA) is 40.5 Å². The zero-order valence-electron chi connectivity index (χ0n) is 11.2. The van der Waals surface area contributed by atoms with Gasteiger partial charge < -0.3 is 10.0 Å². The molecule has 1 N–H and O–H groups in total. The van der Waals surface area contributed by atoms with Crippen LogP contribution < -0.4 is 4.90 Å². The van der Waals surface area contributed by atoms with Gasteiger partial charge in [-0.25, -0.2) is 4.39 Å². The van der Waals surface area contributed by atoms with Crippen molar-refractivity contribution in [3.8, 4) is 0 Å². The third-order valence-corrected chi connectivity index (χ3v) is 3.73. The Kier molecular flexibility index (Phi) is 4.53. The Morgan fingerprint density at radius 1 is 1.53 bits per heavy atom. The number of aliphatic hydroxyl groups excluding tert-OH is 1. The molecule has 3 nitrogen and oxygen atoms in total. The zero-order chi connectivity index (χ0) is 13.8. The standard InChI is InChI=1S/C15H20FNO2/c1-11(19)15-13(16)7-2-8-14(15)17-9-3-5-12(17)6-4-10-18/h2,7-8,12,18H,3-6,9-10H2,1H3. The molecule has 0 bridgehead atoms. The number of nitrogens with zero attached hydrogens (tertiary/aromatic N) is 1. The Labute approximate surface area is 113 Å². The quantitative estimate of drug-likeness (QED) is 0.832. The van der Waals surface area contributed by atoms with Crippen LogP contribution in [0.3, 0.4) is 0 Å². The molecule has 1 aromatic rings. The van der Waals surface area contributed by atoms with Crippen LogP contribution in [0.25, 0.3) is 0 Å². The first-order valence-corrected chi connectivity index (χ1v) is 6.82. The predicted octanol–water partition coefficient (Wildman–Crippen LogP) is 2.77. The molecule has 1 aliphatic heterocycles. The Morgan fingerprint density at radius 2 is 2.32 bits per heavy atom. The van der Waals surface area contributed by atoms with Gasteiger partial charge in [-0.1, -0.05) is 6.07 Å². The van der Waals surface area contributed by atoms with Crippen LogP contribution >= 0.6 is 0 Å². The zero-order valence-corrected chi connectivity index (χ0v) is 11.2. The summed E-state index contributed by atoms with van der Waals surface area (Å²) in [5, 5.41) is 8.94. The van der Waals surface area contributed by atoms with E-state index in [1.54, 1.807) is 6.07 Å². The Bertz CT molecular complexity index is 461. The van der Waals surface area contributed by atoms with Gasteiger partial charge in [-0.3, -0.25) is 4.79 Å². The van der Waals surface area contributed by atoms with Crippen molar-refractivity contribution in [3.63, 3.8) is 0 Å². The number of carbonyl (C=O) groups excluding carboxylic acids is 1. The molecular formula is C15H20FNO2. The second kappa shape index (κ2) is 6.15. The van der Waals surface area contributed by atoms with E-state index in [0.29, 0.717) is 11.7 Å². The average molecular weight is 265 g/mol. The number of hydrogen-bond donors (Lipinski definition) is 1. The molecule has 1 fully saturated rings. The largest absolute Gasteiger partial charge is 0.396 e. The first kappa shape index (κ1) is 14.0. The number of aliphatic hydroxyl groups is 1. The van der Waals surface area contributed by atoms with E-state index in [2.05, 4.69) is 4.90 Å². The molecule has 1 atom stereocenters. The molecule has 1 unspecified atom stereocenters. The van der Waals surface area contributed by atoms with Gasteiger partial charge in [0.05, 0.1) is 11.3 Å². The van der Waals surface area contributed by atoms with E-state index in [1.807, 2.05) is 6.07 Å². The summed E-state index contributed by atoms with van der Waals surface area (Å²) in [5.74, 6) is -0.682. The SMILES string of the molecule is CC(=O)c1c(F)cccc1N1CCCC1CCCO. The van der Waals surface area contributed by atoms with Crippen molar-refractivity contribution in [2.45, 2.75) is 38.6 Å². The van der Waals surface area contributed by atoms with Gasteiger partial charge in [-0.15, -0.1) is 0 Å². The molecule has 0 aliphatic carbocycles. The average Bonchev–Trinajstić information content (AvgIpc) is 2.83. The number of carbonyl (C=O) groups is 1. The van der Waals surface area contributed by atoms with E-state index >= 15 is 0 Å². The van der Waals surface area contributed by atoms with E-state index in [9.17, 15) is 9.18 Å². The van der Waals surface area contributed by atoms with Crippen molar-refractivity contribution in [2.75, 3.05) is 18.1 Å². The van der Waals surface area contributed by atoms with Crippen LogP contribution in [0.15, 0.2) is 18.2 Å². The van der Waals surface area contributed by atoms with Crippen LogP contribution in [0.1, 0.15) is 43.0 Å². The van der Waals surface area contributed by atoms with E-state index < -0.39 is 5.82 Å². The van der Waals surface area contributed by atoms with Gasteiger partial charge in [0.2, 0.25) is 0 Å². The Balaban J connectivity index is 2.30. The summed E-state index contributed by atoms with van der Waals surface area (Å²) in [6, 6.07) is 5.10. The van der Waals surface area contributed by atoms with Crippen LogP contribution in [0, 0.1) is 5.82 Å². The molecule has 1 aliphatic rings. The number of Topliss-reactive ketones (excluding diaryl/α,β-unsaturated/α-hetero) is 1. The van der Waals surface area contributed by atoms with Crippen LogP contribution in [0.4, 0.5) is 10.1 Å². The highest BCUT2D eigenvalue weighted by atomic mass is 19.1. The second-order valence-electron chi connectivity index (χ2n) is 5.05.